The Morgan fingerprint density at radius 3 is 2.41 bits per heavy atom. The molecule has 1 fully saturated rings. The van der Waals surface area contributed by atoms with Crippen molar-refractivity contribution in [1.29, 1.82) is 0 Å². The van der Waals surface area contributed by atoms with Gasteiger partial charge in [-0.25, -0.2) is 4.79 Å². The number of benzene rings is 3. The van der Waals surface area contributed by atoms with Gasteiger partial charge in [0.05, 0.1) is 6.61 Å². The van der Waals surface area contributed by atoms with Crippen molar-refractivity contribution >= 4 is 16.7 Å². The molecule has 3 aromatic carbocycles. The van der Waals surface area contributed by atoms with Crippen molar-refractivity contribution in [3.8, 4) is 22.6 Å². The van der Waals surface area contributed by atoms with E-state index in [1.807, 2.05) is 48.5 Å². The summed E-state index contributed by atoms with van der Waals surface area (Å²) in [6, 6.07) is 21.9. The van der Waals surface area contributed by atoms with E-state index in [0.29, 0.717) is 5.39 Å². The zero-order chi connectivity index (χ0) is 26.9. The maximum atomic E-state index is 11.1. The number of hydrogen-bond acceptors (Lipinski definition) is 5. The predicted octanol–water partition coefficient (Wildman–Crippen LogP) is 4.91. The van der Waals surface area contributed by atoms with Gasteiger partial charge in [0.2, 0.25) is 0 Å². The van der Waals surface area contributed by atoms with Gasteiger partial charge in [-0.3, -0.25) is 0 Å². The molecule has 1 aromatic heterocycles. The summed E-state index contributed by atoms with van der Waals surface area (Å²) in [7, 11) is 0. The molecule has 0 unspecified atom stereocenters. The summed E-state index contributed by atoms with van der Waals surface area (Å²) in [6.45, 7) is 6.69. The highest BCUT2D eigenvalue weighted by atomic mass is 16.5. The molecule has 4 N–H and O–H groups in total. The van der Waals surface area contributed by atoms with Crippen LogP contribution in [0.3, 0.4) is 0 Å². The molecule has 0 aliphatic carbocycles. The molecular formula is C31H36N2O6. The number of rotatable bonds is 7. The Balaban J connectivity index is 0.000000239. The average molecular weight is 533 g/mol. The Morgan fingerprint density at radius 2 is 1.72 bits per heavy atom. The summed E-state index contributed by atoms with van der Waals surface area (Å²) < 4.78 is 6.65. The highest BCUT2D eigenvalue weighted by Gasteiger charge is 2.15. The van der Waals surface area contributed by atoms with Crippen LogP contribution in [0.25, 0.3) is 21.9 Å². The third-order valence-corrected chi connectivity index (χ3v) is 6.75. The van der Waals surface area contributed by atoms with Crippen LogP contribution < -0.4 is 9.47 Å². The molecule has 206 valence electrons. The number of carboxylic acids is 1. The maximum Gasteiger partial charge on any atom is 0.339 e. The molecular weight excluding hydrogens is 496 g/mol. The first kappa shape index (κ1) is 29.4. The molecule has 1 aliphatic rings. The second-order valence-corrected chi connectivity index (χ2v) is 9.71. The number of hydrogen-bond donors (Lipinski definition) is 2. The molecule has 5 rings (SSSR count). The van der Waals surface area contributed by atoms with Crippen LogP contribution in [-0.2, 0) is 0 Å². The van der Waals surface area contributed by atoms with Crippen LogP contribution in [-0.4, -0.2) is 52.8 Å². The number of aromatic hydroxyl groups is 1. The Hall–Kier alpha value is -4.14. The second kappa shape index (κ2) is 14.1. The normalized spacial score (nSPS) is 15.1. The van der Waals surface area contributed by atoms with Crippen LogP contribution in [0.4, 0.5) is 0 Å². The quantitative estimate of drug-likeness (QED) is 0.198. The first-order chi connectivity index (χ1) is 18.4. The van der Waals surface area contributed by atoms with Crippen LogP contribution in [0.15, 0.2) is 85.2 Å². The number of pyridine rings is 1. The van der Waals surface area contributed by atoms with Crippen molar-refractivity contribution in [3.05, 3.63) is 96.0 Å². The molecule has 2 heterocycles. The molecule has 4 aromatic rings. The van der Waals surface area contributed by atoms with Crippen LogP contribution in [0.5, 0.6) is 11.5 Å². The molecule has 0 radical (unpaired) electrons. The minimum Gasteiger partial charge on any atom is -0.619 e. The number of carbonyl (C=O) groups is 1. The summed E-state index contributed by atoms with van der Waals surface area (Å²) in [4.78, 5) is 13.3. The van der Waals surface area contributed by atoms with Crippen molar-refractivity contribution in [2.45, 2.75) is 26.2 Å². The van der Waals surface area contributed by atoms with E-state index in [9.17, 15) is 15.1 Å². The third-order valence-electron chi connectivity index (χ3n) is 6.75. The highest BCUT2D eigenvalue weighted by molar-refractivity contribution is 6.00. The number of ether oxygens (including phenoxy) is 1. The lowest BCUT2D eigenvalue weighted by molar-refractivity contribution is -0.605. The van der Waals surface area contributed by atoms with E-state index < -0.39 is 5.97 Å². The minimum absolute atomic E-state index is 0. The van der Waals surface area contributed by atoms with Gasteiger partial charge in [0.15, 0.2) is 12.4 Å². The van der Waals surface area contributed by atoms with Crippen LogP contribution >= 0.6 is 0 Å². The molecule has 0 saturated carbocycles. The monoisotopic (exact) mass is 532 g/mol. The van der Waals surface area contributed by atoms with Crippen molar-refractivity contribution in [1.82, 2.24) is 4.90 Å². The van der Waals surface area contributed by atoms with Crippen LogP contribution in [0.2, 0.25) is 0 Å². The van der Waals surface area contributed by atoms with Crippen molar-refractivity contribution in [2.24, 2.45) is 5.92 Å². The largest absolute Gasteiger partial charge is 0.619 e. The molecule has 1 aliphatic heterocycles. The zero-order valence-electron chi connectivity index (χ0n) is 22.1. The van der Waals surface area contributed by atoms with E-state index >= 15 is 0 Å². The lowest BCUT2D eigenvalue weighted by Gasteiger charge is -2.30. The van der Waals surface area contributed by atoms with Crippen LogP contribution in [0, 0.1) is 11.1 Å². The van der Waals surface area contributed by atoms with Gasteiger partial charge in [-0.1, -0.05) is 49.4 Å². The van der Waals surface area contributed by atoms with Gasteiger partial charge in [-0.2, -0.15) is 4.73 Å². The Kier molecular flexibility index (Phi) is 10.7. The Morgan fingerprint density at radius 1 is 1.03 bits per heavy atom. The fourth-order valence-corrected chi connectivity index (χ4v) is 4.74. The fourth-order valence-electron chi connectivity index (χ4n) is 4.74. The topological polar surface area (TPSA) is 128 Å². The van der Waals surface area contributed by atoms with Crippen molar-refractivity contribution in [3.63, 3.8) is 0 Å². The van der Waals surface area contributed by atoms with E-state index in [0.717, 1.165) is 52.5 Å². The molecule has 1 atom stereocenters. The Bertz CT molecular complexity index is 1340. The molecule has 8 heteroatoms. The number of nitrogens with zero attached hydrogens (tertiary/aromatic N) is 2. The smallest absolute Gasteiger partial charge is 0.339 e. The molecule has 0 spiro atoms. The fraction of sp³-hybridized carbons (Fsp3) is 0.290. The predicted molar refractivity (Wildman–Crippen MR) is 152 cm³/mol. The number of phenols is 1. The van der Waals surface area contributed by atoms with Crippen molar-refractivity contribution in [2.75, 3.05) is 26.2 Å². The highest BCUT2D eigenvalue weighted by Crippen LogP contribution is 2.28. The van der Waals surface area contributed by atoms with E-state index in [1.54, 1.807) is 18.2 Å². The molecule has 39 heavy (non-hydrogen) atoms. The second-order valence-electron chi connectivity index (χ2n) is 9.71. The number of aromatic nitrogens is 1. The number of piperidine rings is 1. The van der Waals surface area contributed by atoms with Gasteiger partial charge in [-0.15, -0.1) is 0 Å². The maximum absolute atomic E-state index is 11.1. The number of aromatic carboxylic acids is 1. The third kappa shape index (κ3) is 8.17. The van der Waals surface area contributed by atoms with Gasteiger partial charge in [0.1, 0.15) is 17.1 Å². The standard InChI is InChI=1S/C20H26N2O2.C11H8O3.H2O/c1-17-4-2-11-21(16-17)12-3-15-24-20-7-5-18(6-8-20)19-9-13-22(23)14-10-19;12-10-8-4-2-1-3-7(8)5-6-9(10)11(13)14;/h5-10,13-14,17H,2-4,11-12,15-16H2,1H3;1-6,12H,(H,13,14);1H2/t17-;;/m0../s1. The lowest BCUT2D eigenvalue weighted by Crippen LogP contribution is -2.35. The average Bonchev–Trinajstić information content (AvgIpc) is 2.93. The summed E-state index contributed by atoms with van der Waals surface area (Å²) in [5, 5.41) is 30.9. The SMILES string of the molecule is C[C@H]1CCCN(CCCOc2ccc(-c3cc[n+]([O-])cc3)cc2)C1.O.O=C(O)c1ccc2ccccc2c1O. The molecule has 0 amide bonds. The van der Waals surface area contributed by atoms with E-state index in [4.69, 9.17) is 9.84 Å². The molecule has 8 nitrogen and oxygen atoms in total. The van der Waals surface area contributed by atoms with E-state index in [-0.39, 0.29) is 16.8 Å². The van der Waals surface area contributed by atoms with Gasteiger partial charge >= 0.3 is 5.97 Å². The van der Waals surface area contributed by atoms with Gasteiger partial charge in [0, 0.05) is 30.6 Å². The van der Waals surface area contributed by atoms with E-state index in [2.05, 4.69) is 11.8 Å². The Labute approximate surface area is 228 Å². The van der Waals surface area contributed by atoms with Gasteiger partial charge in [0.25, 0.3) is 0 Å². The van der Waals surface area contributed by atoms with Crippen LogP contribution in [0.1, 0.15) is 36.5 Å². The summed E-state index contributed by atoms with van der Waals surface area (Å²) in [5.41, 5.74) is 2.06. The molecule has 0 bridgehead atoms. The van der Waals surface area contributed by atoms with Crippen molar-refractivity contribution < 1.29 is 30.0 Å². The lowest BCUT2D eigenvalue weighted by atomic mass is 10.0. The number of likely N-dealkylation sites (tertiary alicyclic amines) is 1. The summed E-state index contributed by atoms with van der Waals surface area (Å²) in [5.74, 6) is 0.450. The number of carboxylic acid groups (broad SMARTS) is 1. The summed E-state index contributed by atoms with van der Waals surface area (Å²) in [6.07, 6.45) is 6.80. The molecule has 1 saturated heterocycles. The zero-order valence-corrected chi connectivity index (χ0v) is 22.1. The number of fused-ring (bicyclic) bond motifs is 1. The van der Waals surface area contributed by atoms with Gasteiger partial charge < -0.3 is 30.5 Å². The minimum atomic E-state index is -1.12. The first-order valence-electron chi connectivity index (χ1n) is 13.0. The van der Waals surface area contributed by atoms with Gasteiger partial charge in [-0.05, 0) is 66.4 Å². The summed E-state index contributed by atoms with van der Waals surface area (Å²) >= 11 is 0. The first-order valence-corrected chi connectivity index (χ1v) is 13.0. The van der Waals surface area contributed by atoms with E-state index in [1.165, 1.54) is 44.4 Å².